The summed E-state index contributed by atoms with van der Waals surface area (Å²) in [5.74, 6) is 1.11. The predicted octanol–water partition coefficient (Wildman–Crippen LogP) is 2.86. The summed E-state index contributed by atoms with van der Waals surface area (Å²) in [6.07, 6.45) is 6.79. The van der Waals surface area contributed by atoms with Gasteiger partial charge in [-0.25, -0.2) is 9.97 Å². The lowest BCUT2D eigenvalue weighted by atomic mass is 9.99. The zero-order chi connectivity index (χ0) is 13.8. The number of aromatic nitrogens is 2. The van der Waals surface area contributed by atoms with Crippen molar-refractivity contribution in [1.82, 2.24) is 9.97 Å². The van der Waals surface area contributed by atoms with E-state index < -0.39 is 0 Å². The fourth-order valence-electron chi connectivity index (χ4n) is 2.80. The SMILES string of the molecule is CCC1CCCCN1c1cnc(C(C)C)nc1CO. The van der Waals surface area contributed by atoms with E-state index in [2.05, 4.69) is 35.6 Å². The summed E-state index contributed by atoms with van der Waals surface area (Å²) in [6.45, 7) is 7.42. The van der Waals surface area contributed by atoms with Gasteiger partial charge in [-0.05, 0) is 25.7 Å². The van der Waals surface area contributed by atoms with E-state index in [0.29, 0.717) is 12.0 Å². The highest BCUT2D eigenvalue weighted by molar-refractivity contribution is 5.50. The van der Waals surface area contributed by atoms with Gasteiger partial charge in [0.2, 0.25) is 0 Å². The van der Waals surface area contributed by atoms with Crippen LogP contribution in [0.25, 0.3) is 0 Å². The molecular weight excluding hydrogens is 238 g/mol. The number of aliphatic hydroxyl groups is 1. The molecule has 1 aliphatic rings. The third-order valence-electron chi connectivity index (χ3n) is 3.94. The fourth-order valence-corrected chi connectivity index (χ4v) is 2.80. The largest absolute Gasteiger partial charge is 0.390 e. The maximum Gasteiger partial charge on any atom is 0.131 e. The van der Waals surface area contributed by atoms with Crippen LogP contribution in [-0.2, 0) is 6.61 Å². The normalized spacial score (nSPS) is 20.1. The molecule has 0 radical (unpaired) electrons. The lowest BCUT2D eigenvalue weighted by molar-refractivity contribution is 0.275. The van der Waals surface area contributed by atoms with Crippen molar-refractivity contribution in [3.63, 3.8) is 0 Å². The second-order valence-corrected chi connectivity index (χ2v) is 5.62. The van der Waals surface area contributed by atoms with Crippen LogP contribution >= 0.6 is 0 Å². The molecule has 0 aliphatic carbocycles. The molecule has 0 spiro atoms. The van der Waals surface area contributed by atoms with Crippen molar-refractivity contribution in [1.29, 1.82) is 0 Å². The van der Waals surface area contributed by atoms with Crippen molar-refractivity contribution in [2.45, 2.75) is 65.0 Å². The van der Waals surface area contributed by atoms with Gasteiger partial charge in [-0.15, -0.1) is 0 Å². The quantitative estimate of drug-likeness (QED) is 0.907. The summed E-state index contributed by atoms with van der Waals surface area (Å²) in [5.41, 5.74) is 1.80. The van der Waals surface area contributed by atoms with E-state index in [9.17, 15) is 5.11 Å². The third kappa shape index (κ3) is 3.06. The Bertz CT molecular complexity index is 420. The smallest absolute Gasteiger partial charge is 0.131 e. The highest BCUT2D eigenvalue weighted by Crippen LogP contribution is 2.28. The molecule has 0 saturated carbocycles. The number of rotatable bonds is 4. The van der Waals surface area contributed by atoms with Gasteiger partial charge in [-0.1, -0.05) is 20.8 Å². The van der Waals surface area contributed by atoms with Crippen LogP contribution in [0.5, 0.6) is 0 Å². The maximum absolute atomic E-state index is 9.60. The van der Waals surface area contributed by atoms with Gasteiger partial charge in [-0.2, -0.15) is 0 Å². The minimum Gasteiger partial charge on any atom is -0.390 e. The summed E-state index contributed by atoms with van der Waals surface area (Å²) in [6, 6.07) is 0.563. The van der Waals surface area contributed by atoms with Crippen LogP contribution < -0.4 is 4.90 Å². The number of aliphatic hydroxyl groups excluding tert-OH is 1. The number of nitrogens with zero attached hydrogens (tertiary/aromatic N) is 3. The molecule has 1 fully saturated rings. The van der Waals surface area contributed by atoms with Crippen LogP contribution in [0.1, 0.15) is 63.9 Å². The fraction of sp³-hybridized carbons (Fsp3) is 0.733. The Kier molecular flexibility index (Phi) is 4.75. The molecule has 2 rings (SSSR count). The van der Waals surface area contributed by atoms with Gasteiger partial charge in [0.15, 0.2) is 0 Å². The van der Waals surface area contributed by atoms with E-state index in [-0.39, 0.29) is 6.61 Å². The molecule has 1 aromatic heterocycles. The Morgan fingerprint density at radius 1 is 1.42 bits per heavy atom. The zero-order valence-corrected chi connectivity index (χ0v) is 12.3. The molecule has 1 aromatic rings. The maximum atomic E-state index is 9.60. The Morgan fingerprint density at radius 3 is 2.84 bits per heavy atom. The van der Waals surface area contributed by atoms with Crippen LogP contribution in [0, 0.1) is 0 Å². The van der Waals surface area contributed by atoms with Gasteiger partial charge in [0, 0.05) is 18.5 Å². The van der Waals surface area contributed by atoms with E-state index >= 15 is 0 Å². The second kappa shape index (κ2) is 6.33. The molecule has 0 amide bonds. The summed E-state index contributed by atoms with van der Waals surface area (Å²) in [4.78, 5) is 11.4. The molecule has 0 bridgehead atoms. The Balaban J connectivity index is 2.32. The molecule has 4 nitrogen and oxygen atoms in total. The number of piperidine rings is 1. The monoisotopic (exact) mass is 263 g/mol. The molecule has 1 unspecified atom stereocenters. The molecular formula is C15H25N3O. The van der Waals surface area contributed by atoms with Crippen LogP contribution in [0.15, 0.2) is 6.20 Å². The lowest BCUT2D eigenvalue weighted by Crippen LogP contribution is -2.40. The average molecular weight is 263 g/mol. The highest BCUT2D eigenvalue weighted by Gasteiger charge is 2.24. The molecule has 0 aromatic carbocycles. The summed E-state index contributed by atoms with van der Waals surface area (Å²) < 4.78 is 0. The first-order valence-electron chi connectivity index (χ1n) is 7.40. The van der Waals surface area contributed by atoms with E-state index in [1.807, 2.05) is 6.20 Å². The Hall–Kier alpha value is -1.16. The van der Waals surface area contributed by atoms with Crippen LogP contribution in [-0.4, -0.2) is 27.7 Å². The summed E-state index contributed by atoms with van der Waals surface area (Å²) in [7, 11) is 0. The molecule has 1 atom stereocenters. The first-order chi connectivity index (χ1) is 9.17. The van der Waals surface area contributed by atoms with Gasteiger partial charge < -0.3 is 10.0 Å². The second-order valence-electron chi connectivity index (χ2n) is 5.62. The van der Waals surface area contributed by atoms with E-state index in [4.69, 9.17) is 0 Å². The average Bonchev–Trinajstić information content (AvgIpc) is 2.46. The van der Waals surface area contributed by atoms with Gasteiger partial charge >= 0.3 is 0 Å². The first kappa shape index (κ1) is 14.3. The van der Waals surface area contributed by atoms with Gasteiger partial charge in [-0.3, -0.25) is 0 Å². The van der Waals surface area contributed by atoms with Crippen molar-refractivity contribution in [2.24, 2.45) is 0 Å². The topological polar surface area (TPSA) is 49.2 Å². The molecule has 1 saturated heterocycles. The molecule has 1 N–H and O–H groups in total. The summed E-state index contributed by atoms with van der Waals surface area (Å²) in [5, 5.41) is 9.60. The van der Waals surface area contributed by atoms with Gasteiger partial charge in [0.25, 0.3) is 0 Å². The third-order valence-corrected chi connectivity index (χ3v) is 3.94. The predicted molar refractivity (Wildman–Crippen MR) is 77.3 cm³/mol. The molecule has 2 heterocycles. The van der Waals surface area contributed by atoms with Crippen LogP contribution in [0.3, 0.4) is 0 Å². The minimum atomic E-state index is -0.00942. The van der Waals surface area contributed by atoms with E-state index in [1.54, 1.807) is 0 Å². The van der Waals surface area contributed by atoms with Crippen molar-refractivity contribution in [3.05, 3.63) is 17.7 Å². The van der Waals surface area contributed by atoms with E-state index in [1.165, 1.54) is 19.3 Å². The van der Waals surface area contributed by atoms with E-state index in [0.717, 1.165) is 30.2 Å². The van der Waals surface area contributed by atoms with Gasteiger partial charge in [0.05, 0.1) is 24.2 Å². The number of hydrogen-bond acceptors (Lipinski definition) is 4. The van der Waals surface area contributed by atoms with Crippen molar-refractivity contribution >= 4 is 5.69 Å². The van der Waals surface area contributed by atoms with Crippen LogP contribution in [0.4, 0.5) is 5.69 Å². The summed E-state index contributed by atoms with van der Waals surface area (Å²) >= 11 is 0. The standard InChI is InChI=1S/C15H25N3O/c1-4-12-7-5-6-8-18(12)14-9-16-15(11(2)3)17-13(14)10-19/h9,11-12,19H,4-8,10H2,1-3H3. The van der Waals surface area contributed by atoms with Crippen molar-refractivity contribution < 1.29 is 5.11 Å². The molecule has 1 aliphatic heterocycles. The lowest BCUT2D eigenvalue weighted by Gasteiger charge is -2.37. The zero-order valence-electron chi connectivity index (χ0n) is 12.3. The minimum absolute atomic E-state index is 0.00942. The molecule has 4 heteroatoms. The number of hydrogen-bond donors (Lipinski definition) is 1. The van der Waals surface area contributed by atoms with Crippen molar-refractivity contribution in [3.8, 4) is 0 Å². The van der Waals surface area contributed by atoms with Crippen molar-refractivity contribution in [2.75, 3.05) is 11.4 Å². The Labute approximate surface area is 115 Å². The highest BCUT2D eigenvalue weighted by atomic mass is 16.3. The molecule has 19 heavy (non-hydrogen) atoms. The van der Waals surface area contributed by atoms with Crippen LogP contribution in [0.2, 0.25) is 0 Å². The first-order valence-corrected chi connectivity index (χ1v) is 7.40. The Morgan fingerprint density at radius 2 is 2.21 bits per heavy atom. The van der Waals surface area contributed by atoms with Gasteiger partial charge in [0.1, 0.15) is 5.82 Å². The number of anilines is 1. The molecule has 106 valence electrons.